The average Bonchev–Trinajstić information content (AvgIpc) is 4.06. The monoisotopic (exact) mass is 1070 g/mol. The fraction of sp³-hybridized carbons (Fsp3) is 0.360. The number of ether oxygens (including phenoxy) is 4. The number of para-hydroxylation sites is 2. The van der Waals surface area contributed by atoms with Gasteiger partial charge in [0.05, 0.1) is 39.3 Å². The van der Waals surface area contributed by atoms with Gasteiger partial charge in [0.2, 0.25) is 5.91 Å². The zero-order valence-electron chi connectivity index (χ0n) is 42.1. The normalized spacial score (nSPS) is 10.9. The lowest BCUT2D eigenvalue weighted by atomic mass is 10.0. The van der Waals surface area contributed by atoms with Crippen molar-refractivity contribution in [2.75, 3.05) is 50.6 Å². The Morgan fingerprint density at radius 1 is 0.653 bits per heavy atom. The van der Waals surface area contributed by atoms with Crippen LogP contribution in [0.2, 0.25) is 0 Å². The first kappa shape index (κ1) is 59.2. The third-order valence-corrected chi connectivity index (χ3v) is 11.2. The summed E-state index contributed by atoms with van der Waals surface area (Å²) in [7, 11) is 1.27. The molecule has 3 aromatic carbocycles. The SMILES string of the molecule is CCCCOc1ccccc1CNC(=O)Nc1nc(C(=O)NCC(=O)O)cs1.COC(=O)CC(NC(=O)CNC(=O)c1csc(NC(=O)NCc2ccccc2OCCCNC(=O)OC(C)(C)C)n1)c1ccccc1. The van der Waals surface area contributed by atoms with Crippen LogP contribution in [-0.4, -0.2) is 108 Å². The minimum atomic E-state index is -1.15. The molecule has 1 atom stereocenters. The predicted molar refractivity (Wildman–Crippen MR) is 280 cm³/mol. The molecule has 5 rings (SSSR count). The Balaban J connectivity index is 0.000000369. The number of urea groups is 2. The second kappa shape index (κ2) is 31.3. The molecule has 2 aromatic heterocycles. The fourth-order valence-electron chi connectivity index (χ4n) is 6.10. The number of anilines is 2. The number of hydrogen-bond acceptors (Lipinski definition) is 16. The van der Waals surface area contributed by atoms with Crippen molar-refractivity contribution < 1.29 is 62.4 Å². The van der Waals surface area contributed by atoms with Crippen LogP contribution in [0.4, 0.5) is 24.6 Å². The van der Waals surface area contributed by atoms with Crippen LogP contribution in [0.1, 0.15) is 97.1 Å². The first-order valence-electron chi connectivity index (χ1n) is 23.5. The van der Waals surface area contributed by atoms with E-state index in [0.29, 0.717) is 37.5 Å². The van der Waals surface area contributed by atoms with E-state index in [-0.39, 0.29) is 47.7 Å². The summed E-state index contributed by atoms with van der Waals surface area (Å²) in [5, 5.41) is 32.5. The lowest BCUT2D eigenvalue weighted by Crippen LogP contribution is -2.39. The Kier molecular flexibility index (Phi) is 24.7. The molecule has 23 nitrogen and oxygen atoms in total. The van der Waals surface area contributed by atoms with Crippen molar-refractivity contribution in [3.8, 4) is 11.5 Å². The summed E-state index contributed by atoms with van der Waals surface area (Å²) in [5.74, 6) is -2.07. The van der Waals surface area contributed by atoms with E-state index in [2.05, 4.69) is 59.4 Å². The van der Waals surface area contributed by atoms with Gasteiger partial charge in [-0.3, -0.25) is 34.6 Å². The number of methoxy groups -OCH3 is 1. The van der Waals surface area contributed by atoms with Crippen LogP contribution in [-0.2, 0) is 36.9 Å². The van der Waals surface area contributed by atoms with E-state index in [1.807, 2.05) is 48.5 Å². The van der Waals surface area contributed by atoms with Gasteiger partial charge in [-0.05, 0) is 51.3 Å². The first-order valence-corrected chi connectivity index (χ1v) is 25.3. The van der Waals surface area contributed by atoms with Gasteiger partial charge in [-0.1, -0.05) is 80.1 Å². The number of alkyl carbamates (subject to hydrolysis) is 1. The minimum absolute atomic E-state index is 0.0205. The summed E-state index contributed by atoms with van der Waals surface area (Å²) in [6.45, 7) is 8.36. The number of thiazole rings is 2. The molecule has 402 valence electrons. The quantitative estimate of drug-likeness (QED) is 0.0227. The van der Waals surface area contributed by atoms with Gasteiger partial charge in [0.15, 0.2) is 10.3 Å². The van der Waals surface area contributed by atoms with Crippen LogP contribution in [0.25, 0.3) is 0 Å². The highest BCUT2D eigenvalue weighted by Gasteiger charge is 2.21. The van der Waals surface area contributed by atoms with E-state index in [9.17, 15) is 38.4 Å². The number of unbranched alkanes of at least 4 members (excludes halogenated alkanes) is 1. The number of carboxylic acids is 1. The average molecular weight is 1080 g/mol. The molecule has 0 radical (unpaired) electrons. The molecule has 0 spiro atoms. The molecular formula is C50H62N10O13S2. The largest absolute Gasteiger partial charge is 0.493 e. The molecule has 0 fully saturated rings. The maximum absolute atomic E-state index is 12.6. The Morgan fingerprint density at radius 2 is 1.16 bits per heavy atom. The van der Waals surface area contributed by atoms with Crippen molar-refractivity contribution in [3.63, 3.8) is 0 Å². The number of esters is 1. The molecule has 0 bridgehead atoms. The molecule has 1 unspecified atom stereocenters. The number of aliphatic carboxylic acids is 1. The van der Waals surface area contributed by atoms with Crippen molar-refractivity contribution in [2.24, 2.45) is 0 Å². The van der Waals surface area contributed by atoms with Crippen LogP contribution in [0.3, 0.4) is 0 Å². The van der Waals surface area contributed by atoms with Crippen LogP contribution < -0.4 is 52.0 Å². The standard InChI is InChI=1S/C32H40N6O8S.C18H22N4O5S/c1-32(2,3)46-31(43)33-15-10-16-45-25-14-9-8-13-22(25)18-35-29(42)38-30-37-24(20-47-30)28(41)34-19-26(39)36-23(17-27(40)44-4)21-11-6-5-7-12-21;1-2-3-8-27-14-7-5-4-6-12(14)9-20-17(26)22-18-21-13(11-28-18)16(25)19-10-15(23)24/h5-9,11-14,20,23H,10,15-19H2,1-4H3,(H,33,43)(H,34,41)(H,36,39)(H2,35,37,38,42);4-7,11H,2-3,8-10H2,1H3,(H,19,25)(H,23,24)(H2,20,21,22,26). The van der Waals surface area contributed by atoms with E-state index >= 15 is 0 Å². The Bertz CT molecular complexity index is 2680. The molecule has 0 saturated heterocycles. The summed E-state index contributed by atoms with van der Waals surface area (Å²) in [6, 6.07) is 22.0. The number of nitrogens with one attached hydrogen (secondary N) is 8. The van der Waals surface area contributed by atoms with Gasteiger partial charge in [-0.15, -0.1) is 22.7 Å². The Labute approximate surface area is 441 Å². The van der Waals surface area contributed by atoms with Gasteiger partial charge in [-0.2, -0.15) is 0 Å². The molecule has 25 heteroatoms. The van der Waals surface area contributed by atoms with Crippen LogP contribution in [0.15, 0.2) is 89.6 Å². The third kappa shape index (κ3) is 23.0. The van der Waals surface area contributed by atoms with Crippen molar-refractivity contribution in [2.45, 2.75) is 78.1 Å². The topological polar surface area (TPSA) is 316 Å². The summed E-state index contributed by atoms with van der Waals surface area (Å²) < 4.78 is 21.5. The number of rotatable bonds is 25. The molecule has 8 amide bonds. The summed E-state index contributed by atoms with van der Waals surface area (Å²) >= 11 is 2.11. The number of carbonyl (C=O) groups is 8. The highest BCUT2D eigenvalue weighted by atomic mass is 32.1. The molecule has 0 aliphatic carbocycles. The third-order valence-electron chi connectivity index (χ3n) is 9.69. The minimum Gasteiger partial charge on any atom is -0.493 e. The van der Waals surface area contributed by atoms with Gasteiger partial charge >= 0.3 is 30.1 Å². The fourth-order valence-corrected chi connectivity index (χ4v) is 7.47. The van der Waals surface area contributed by atoms with E-state index in [4.69, 9.17) is 24.1 Å². The van der Waals surface area contributed by atoms with E-state index in [1.54, 1.807) is 51.1 Å². The highest BCUT2D eigenvalue weighted by Crippen LogP contribution is 2.22. The van der Waals surface area contributed by atoms with Crippen molar-refractivity contribution in [1.29, 1.82) is 0 Å². The smallest absolute Gasteiger partial charge is 0.407 e. The Morgan fingerprint density at radius 3 is 1.67 bits per heavy atom. The first-order chi connectivity index (χ1) is 35.9. The molecule has 0 aliphatic heterocycles. The maximum Gasteiger partial charge on any atom is 0.407 e. The summed E-state index contributed by atoms with van der Waals surface area (Å²) in [5.41, 5.74) is 1.79. The number of nitrogens with zero attached hydrogens (tertiary/aromatic N) is 2. The predicted octanol–water partition coefficient (Wildman–Crippen LogP) is 6.37. The van der Waals surface area contributed by atoms with E-state index in [1.165, 1.54) is 17.9 Å². The molecule has 0 saturated carbocycles. The highest BCUT2D eigenvalue weighted by molar-refractivity contribution is 7.14. The van der Waals surface area contributed by atoms with Crippen molar-refractivity contribution in [1.82, 2.24) is 41.9 Å². The zero-order valence-corrected chi connectivity index (χ0v) is 43.7. The summed E-state index contributed by atoms with van der Waals surface area (Å²) in [6.07, 6.45) is 1.98. The number of carboxylic acid groups (broad SMARTS) is 1. The van der Waals surface area contributed by atoms with E-state index in [0.717, 1.165) is 52.4 Å². The van der Waals surface area contributed by atoms with Gasteiger partial charge in [0, 0.05) is 41.5 Å². The van der Waals surface area contributed by atoms with E-state index < -0.39 is 66.0 Å². The van der Waals surface area contributed by atoms with Crippen LogP contribution in [0, 0.1) is 0 Å². The number of amides is 8. The zero-order chi connectivity index (χ0) is 54.6. The van der Waals surface area contributed by atoms with Crippen LogP contribution in [0.5, 0.6) is 11.5 Å². The Hall–Kier alpha value is -8.32. The second-order valence-electron chi connectivity index (χ2n) is 16.8. The lowest BCUT2D eigenvalue weighted by molar-refractivity contribution is -0.141. The van der Waals surface area contributed by atoms with Gasteiger partial charge < -0.3 is 56.0 Å². The molecule has 9 N–H and O–H groups in total. The number of carbonyl (C=O) groups excluding carboxylic acids is 7. The number of hydrogen-bond donors (Lipinski definition) is 9. The maximum atomic E-state index is 12.6. The molecule has 2 heterocycles. The van der Waals surface area contributed by atoms with Gasteiger partial charge in [0.25, 0.3) is 11.8 Å². The van der Waals surface area contributed by atoms with Crippen molar-refractivity contribution in [3.05, 3.63) is 118 Å². The van der Waals surface area contributed by atoms with Gasteiger partial charge in [-0.25, -0.2) is 24.4 Å². The lowest BCUT2D eigenvalue weighted by Gasteiger charge is -2.19. The number of benzene rings is 3. The van der Waals surface area contributed by atoms with Crippen molar-refractivity contribution >= 4 is 80.8 Å². The second-order valence-corrected chi connectivity index (χ2v) is 18.5. The molecule has 0 aliphatic rings. The van der Waals surface area contributed by atoms with Gasteiger partial charge in [0.1, 0.15) is 35.0 Å². The molecular weight excluding hydrogens is 1010 g/mol. The van der Waals surface area contributed by atoms with Crippen LogP contribution >= 0.6 is 22.7 Å². The summed E-state index contributed by atoms with van der Waals surface area (Å²) in [4.78, 5) is 104. The number of aromatic nitrogens is 2. The molecule has 5 aromatic rings. The molecule has 75 heavy (non-hydrogen) atoms.